The summed E-state index contributed by atoms with van der Waals surface area (Å²) in [7, 11) is 4.19. The summed E-state index contributed by atoms with van der Waals surface area (Å²) in [6.45, 7) is 6.46. The van der Waals surface area contributed by atoms with Gasteiger partial charge in [0, 0.05) is 19.1 Å². The van der Waals surface area contributed by atoms with Gasteiger partial charge in [-0.3, -0.25) is 0 Å². The van der Waals surface area contributed by atoms with Crippen LogP contribution < -0.4 is 5.32 Å². The van der Waals surface area contributed by atoms with Crippen LogP contribution in [0.2, 0.25) is 0 Å². The predicted molar refractivity (Wildman–Crippen MR) is 66.2 cm³/mol. The Morgan fingerprint density at radius 3 is 2.67 bits per heavy atom. The Morgan fingerprint density at radius 1 is 1.33 bits per heavy atom. The number of aryl methyl sites for hydroxylation is 1. The van der Waals surface area contributed by atoms with Gasteiger partial charge in [-0.2, -0.15) is 0 Å². The van der Waals surface area contributed by atoms with Crippen LogP contribution in [0.1, 0.15) is 24.1 Å². The van der Waals surface area contributed by atoms with E-state index in [1.807, 2.05) is 0 Å². The molecule has 0 radical (unpaired) electrons. The molecule has 0 saturated carbocycles. The SMILES string of the molecule is Cc1cccc([C@H](C)NCCN(C)C)c1. The summed E-state index contributed by atoms with van der Waals surface area (Å²) in [5.41, 5.74) is 2.70. The van der Waals surface area contributed by atoms with Crippen LogP contribution in [0.4, 0.5) is 0 Å². The lowest BCUT2D eigenvalue weighted by Gasteiger charge is -2.16. The summed E-state index contributed by atoms with van der Waals surface area (Å²) in [6.07, 6.45) is 0. The lowest BCUT2D eigenvalue weighted by Crippen LogP contribution is -2.28. The number of likely N-dealkylation sites (N-methyl/N-ethyl adjacent to an activating group) is 1. The van der Waals surface area contributed by atoms with Crippen molar-refractivity contribution in [2.75, 3.05) is 27.2 Å². The molecule has 0 aliphatic heterocycles. The van der Waals surface area contributed by atoms with Crippen LogP contribution in [0, 0.1) is 6.92 Å². The summed E-state index contributed by atoms with van der Waals surface area (Å²) in [5.74, 6) is 0. The lowest BCUT2D eigenvalue weighted by molar-refractivity contribution is 0.389. The first-order chi connectivity index (χ1) is 7.09. The minimum Gasteiger partial charge on any atom is -0.309 e. The molecule has 0 bridgehead atoms. The first kappa shape index (κ1) is 12.2. The van der Waals surface area contributed by atoms with E-state index in [1.54, 1.807) is 0 Å². The van der Waals surface area contributed by atoms with Gasteiger partial charge in [-0.1, -0.05) is 29.8 Å². The zero-order valence-electron chi connectivity index (χ0n) is 10.2. The summed E-state index contributed by atoms with van der Waals surface area (Å²) < 4.78 is 0. The van der Waals surface area contributed by atoms with E-state index in [0.29, 0.717) is 6.04 Å². The second-order valence-corrected chi connectivity index (χ2v) is 4.39. The van der Waals surface area contributed by atoms with Gasteiger partial charge in [0.15, 0.2) is 0 Å². The van der Waals surface area contributed by atoms with Crippen LogP contribution in [0.5, 0.6) is 0 Å². The fourth-order valence-electron chi connectivity index (χ4n) is 1.56. The molecule has 0 fully saturated rings. The van der Waals surface area contributed by atoms with E-state index in [1.165, 1.54) is 11.1 Å². The maximum atomic E-state index is 3.52. The molecule has 0 aromatic heterocycles. The van der Waals surface area contributed by atoms with E-state index in [-0.39, 0.29) is 0 Å². The van der Waals surface area contributed by atoms with Crippen molar-refractivity contribution in [2.24, 2.45) is 0 Å². The second kappa shape index (κ2) is 5.89. The summed E-state index contributed by atoms with van der Waals surface area (Å²) in [6, 6.07) is 9.11. The molecule has 0 aliphatic carbocycles. The van der Waals surface area contributed by atoms with Crippen molar-refractivity contribution >= 4 is 0 Å². The average molecular weight is 206 g/mol. The normalized spacial score (nSPS) is 13.1. The minimum absolute atomic E-state index is 0.435. The van der Waals surface area contributed by atoms with Crippen molar-refractivity contribution in [1.82, 2.24) is 10.2 Å². The van der Waals surface area contributed by atoms with Crippen molar-refractivity contribution in [3.63, 3.8) is 0 Å². The van der Waals surface area contributed by atoms with E-state index < -0.39 is 0 Å². The molecule has 0 saturated heterocycles. The molecular formula is C13H22N2. The molecule has 1 rings (SSSR count). The minimum atomic E-state index is 0.435. The molecule has 1 aromatic carbocycles. The van der Waals surface area contributed by atoms with Crippen molar-refractivity contribution in [1.29, 1.82) is 0 Å². The van der Waals surface area contributed by atoms with E-state index in [4.69, 9.17) is 0 Å². The van der Waals surface area contributed by atoms with Gasteiger partial charge in [-0.05, 0) is 33.5 Å². The Morgan fingerprint density at radius 2 is 2.07 bits per heavy atom. The number of hydrogen-bond donors (Lipinski definition) is 1. The average Bonchev–Trinajstić information content (AvgIpc) is 2.17. The number of benzene rings is 1. The van der Waals surface area contributed by atoms with Gasteiger partial charge in [0.1, 0.15) is 0 Å². The van der Waals surface area contributed by atoms with E-state index in [2.05, 4.69) is 62.4 Å². The fraction of sp³-hybridized carbons (Fsp3) is 0.538. The van der Waals surface area contributed by atoms with Crippen LogP contribution in [0.15, 0.2) is 24.3 Å². The molecule has 1 atom stereocenters. The number of hydrogen-bond acceptors (Lipinski definition) is 2. The third-order valence-corrected chi connectivity index (χ3v) is 2.55. The number of nitrogens with zero attached hydrogens (tertiary/aromatic N) is 1. The molecule has 0 unspecified atom stereocenters. The molecule has 2 nitrogen and oxygen atoms in total. The molecular weight excluding hydrogens is 184 g/mol. The predicted octanol–water partition coefficient (Wildman–Crippen LogP) is 2.21. The zero-order chi connectivity index (χ0) is 11.3. The largest absolute Gasteiger partial charge is 0.309 e. The highest BCUT2D eigenvalue weighted by molar-refractivity contribution is 5.24. The molecule has 0 amide bonds. The number of rotatable bonds is 5. The van der Waals surface area contributed by atoms with Crippen LogP contribution in [-0.4, -0.2) is 32.1 Å². The highest BCUT2D eigenvalue weighted by Gasteiger charge is 2.03. The van der Waals surface area contributed by atoms with Crippen molar-refractivity contribution in [2.45, 2.75) is 19.9 Å². The zero-order valence-corrected chi connectivity index (χ0v) is 10.2. The van der Waals surface area contributed by atoms with Gasteiger partial charge >= 0.3 is 0 Å². The van der Waals surface area contributed by atoms with Crippen molar-refractivity contribution in [3.8, 4) is 0 Å². The van der Waals surface area contributed by atoms with Gasteiger partial charge in [-0.15, -0.1) is 0 Å². The standard InChI is InChI=1S/C13H22N2/c1-11-6-5-7-13(10-11)12(2)14-8-9-15(3)4/h5-7,10,12,14H,8-9H2,1-4H3/t12-/m0/s1. The highest BCUT2D eigenvalue weighted by Crippen LogP contribution is 2.13. The third-order valence-electron chi connectivity index (χ3n) is 2.55. The summed E-state index contributed by atoms with van der Waals surface area (Å²) >= 11 is 0. The maximum Gasteiger partial charge on any atom is 0.0292 e. The fourth-order valence-corrected chi connectivity index (χ4v) is 1.56. The molecule has 84 valence electrons. The molecule has 1 N–H and O–H groups in total. The maximum absolute atomic E-state index is 3.52. The molecule has 15 heavy (non-hydrogen) atoms. The van der Waals surface area contributed by atoms with Crippen LogP contribution in [0.3, 0.4) is 0 Å². The Hall–Kier alpha value is -0.860. The van der Waals surface area contributed by atoms with Crippen LogP contribution in [0.25, 0.3) is 0 Å². The Kier molecular flexibility index (Phi) is 4.79. The molecule has 0 aliphatic rings. The summed E-state index contributed by atoms with van der Waals surface area (Å²) in [4.78, 5) is 2.19. The van der Waals surface area contributed by atoms with Crippen LogP contribution in [-0.2, 0) is 0 Å². The molecule has 0 spiro atoms. The lowest BCUT2D eigenvalue weighted by atomic mass is 10.1. The third kappa shape index (κ3) is 4.45. The van der Waals surface area contributed by atoms with Gasteiger partial charge < -0.3 is 10.2 Å². The molecule has 1 aromatic rings. The van der Waals surface area contributed by atoms with Gasteiger partial charge in [0.2, 0.25) is 0 Å². The topological polar surface area (TPSA) is 15.3 Å². The van der Waals surface area contributed by atoms with Gasteiger partial charge in [0.05, 0.1) is 0 Å². The molecule has 0 heterocycles. The van der Waals surface area contributed by atoms with Crippen molar-refractivity contribution < 1.29 is 0 Å². The Labute approximate surface area is 93.3 Å². The molecule has 2 heteroatoms. The van der Waals surface area contributed by atoms with E-state index in [0.717, 1.165) is 13.1 Å². The van der Waals surface area contributed by atoms with E-state index in [9.17, 15) is 0 Å². The highest BCUT2D eigenvalue weighted by atomic mass is 15.1. The Bertz CT molecular complexity index is 294. The van der Waals surface area contributed by atoms with Crippen LogP contribution >= 0.6 is 0 Å². The quantitative estimate of drug-likeness (QED) is 0.794. The first-order valence-corrected chi connectivity index (χ1v) is 5.54. The summed E-state index contributed by atoms with van der Waals surface area (Å²) in [5, 5.41) is 3.52. The first-order valence-electron chi connectivity index (χ1n) is 5.54. The van der Waals surface area contributed by atoms with E-state index >= 15 is 0 Å². The number of nitrogens with one attached hydrogen (secondary N) is 1. The smallest absolute Gasteiger partial charge is 0.0292 e. The monoisotopic (exact) mass is 206 g/mol. The van der Waals surface area contributed by atoms with Crippen molar-refractivity contribution in [3.05, 3.63) is 35.4 Å². The van der Waals surface area contributed by atoms with Gasteiger partial charge in [0.25, 0.3) is 0 Å². The Balaban J connectivity index is 2.43. The second-order valence-electron chi connectivity index (χ2n) is 4.39. The van der Waals surface area contributed by atoms with Gasteiger partial charge in [-0.25, -0.2) is 0 Å².